The molecule has 0 radical (unpaired) electrons. The van der Waals surface area contributed by atoms with E-state index < -0.39 is 42.5 Å². The van der Waals surface area contributed by atoms with Gasteiger partial charge in [-0.15, -0.1) is 6.58 Å². The first-order valence-corrected chi connectivity index (χ1v) is 9.55. The summed E-state index contributed by atoms with van der Waals surface area (Å²) < 4.78 is 29.4. The van der Waals surface area contributed by atoms with E-state index >= 15 is 0 Å². The topological polar surface area (TPSA) is 83.5 Å². The summed E-state index contributed by atoms with van der Waals surface area (Å²) in [5.74, 6) is -1.38. The predicted molar refractivity (Wildman–Crippen MR) is 101 cm³/mol. The van der Waals surface area contributed by atoms with E-state index in [1.165, 1.54) is 0 Å². The molecule has 28 heavy (non-hydrogen) atoms. The molecule has 3 unspecified atom stereocenters. The number of ether oxygens (including phenoxy) is 5. The van der Waals surface area contributed by atoms with E-state index in [-0.39, 0.29) is 6.61 Å². The van der Waals surface area contributed by atoms with Crippen LogP contribution in [0.2, 0.25) is 0 Å². The predicted octanol–water partition coefficient (Wildman–Crippen LogP) is 2.43. The Labute approximate surface area is 165 Å². The average molecular weight is 392 g/mol. The van der Waals surface area contributed by atoms with E-state index in [4.69, 9.17) is 23.7 Å². The summed E-state index contributed by atoms with van der Waals surface area (Å²) in [5.41, 5.74) is 0.423. The third-order valence-electron chi connectivity index (χ3n) is 4.70. The Morgan fingerprint density at radius 1 is 1.25 bits per heavy atom. The molecular formula is C21H28O7. The monoisotopic (exact) mass is 392 g/mol. The second kappa shape index (κ2) is 9.15. The molecule has 0 bridgehead atoms. The fourth-order valence-corrected chi connectivity index (χ4v) is 3.44. The zero-order valence-electron chi connectivity index (χ0n) is 16.3. The number of carbonyl (C=O) groups excluding carboxylic acids is 1. The van der Waals surface area contributed by atoms with Gasteiger partial charge in [-0.05, 0) is 38.8 Å². The van der Waals surface area contributed by atoms with Gasteiger partial charge in [0.25, 0.3) is 0 Å². The molecule has 7 nitrogen and oxygen atoms in total. The molecule has 2 heterocycles. The van der Waals surface area contributed by atoms with Gasteiger partial charge < -0.3 is 28.8 Å². The summed E-state index contributed by atoms with van der Waals surface area (Å²) in [5, 5.41) is 9.74. The Bertz CT molecular complexity index is 660. The van der Waals surface area contributed by atoms with E-state index in [0.29, 0.717) is 12.2 Å². The highest BCUT2D eigenvalue weighted by Crippen LogP contribution is 2.39. The van der Waals surface area contributed by atoms with E-state index in [2.05, 4.69) is 6.58 Å². The molecule has 2 aliphatic heterocycles. The van der Waals surface area contributed by atoms with Gasteiger partial charge in [0.2, 0.25) is 0 Å². The van der Waals surface area contributed by atoms with Crippen LogP contribution in [0.3, 0.4) is 0 Å². The van der Waals surface area contributed by atoms with Crippen LogP contribution in [0.1, 0.15) is 37.0 Å². The van der Waals surface area contributed by atoms with E-state index in [1.54, 1.807) is 44.2 Å². The van der Waals surface area contributed by atoms with Crippen LogP contribution in [0.5, 0.6) is 0 Å². The minimum absolute atomic E-state index is 0.257. The van der Waals surface area contributed by atoms with Crippen molar-refractivity contribution in [3.8, 4) is 0 Å². The molecule has 0 aromatic heterocycles. The van der Waals surface area contributed by atoms with Crippen LogP contribution in [0, 0.1) is 0 Å². The van der Waals surface area contributed by atoms with Crippen molar-refractivity contribution < 1.29 is 33.6 Å². The zero-order chi connectivity index (χ0) is 20.1. The van der Waals surface area contributed by atoms with Gasteiger partial charge >= 0.3 is 5.97 Å². The number of unbranched alkanes of at least 4 members (excludes halogenated alkanes) is 1. The molecule has 0 spiro atoms. The third kappa shape index (κ3) is 4.79. The van der Waals surface area contributed by atoms with Gasteiger partial charge in [0.15, 0.2) is 18.2 Å². The Kier molecular flexibility index (Phi) is 6.85. The number of fused-ring (bicyclic) bond motifs is 1. The largest absolute Gasteiger partial charge is 0.450 e. The number of aliphatic hydroxyl groups excluding tert-OH is 1. The Morgan fingerprint density at radius 3 is 2.64 bits per heavy atom. The fraction of sp³-hybridized carbons (Fsp3) is 0.571. The Hall–Kier alpha value is -1.77. The lowest BCUT2D eigenvalue weighted by Gasteiger charge is -2.40. The molecule has 7 heteroatoms. The van der Waals surface area contributed by atoms with Crippen molar-refractivity contribution in [2.24, 2.45) is 0 Å². The maximum atomic E-state index is 12.6. The van der Waals surface area contributed by atoms with Gasteiger partial charge in [-0.2, -0.15) is 0 Å². The van der Waals surface area contributed by atoms with Crippen LogP contribution < -0.4 is 0 Å². The first-order valence-electron chi connectivity index (χ1n) is 9.55. The lowest BCUT2D eigenvalue weighted by Crippen LogP contribution is -2.59. The van der Waals surface area contributed by atoms with E-state index in [1.807, 2.05) is 6.07 Å². The maximum Gasteiger partial charge on any atom is 0.338 e. The maximum absolute atomic E-state index is 12.6. The van der Waals surface area contributed by atoms with Crippen molar-refractivity contribution in [3.63, 3.8) is 0 Å². The van der Waals surface area contributed by atoms with Crippen LogP contribution in [-0.4, -0.2) is 60.8 Å². The molecular weight excluding hydrogens is 364 g/mol. The fourth-order valence-electron chi connectivity index (χ4n) is 3.44. The summed E-state index contributed by atoms with van der Waals surface area (Å²) in [4.78, 5) is 12.6. The van der Waals surface area contributed by atoms with E-state index in [0.717, 1.165) is 12.8 Å². The van der Waals surface area contributed by atoms with Gasteiger partial charge in [0, 0.05) is 0 Å². The molecule has 2 aliphatic rings. The number of rotatable bonds is 8. The lowest BCUT2D eigenvalue weighted by molar-refractivity contribution is -0.281. The summed E-state index contributed by atoms with van der Waals surface area (Å²) >= 11 is 0. The Morgan fingerprint density at radius 2 is 1.96 bits per heavy atom. The van der Waals surface area contributed by atoms with Crippen molar-refractivity contribution in [3.05, 3.63) is 48.6 Å². The minimum atomic E-state index is -0.888. The first-order chi connectivity index (χ1) is 13.4. The molecule has 1 N–H and O–H groups in total. The molecule has 0 saturated carbocycles. The molecule has 2 fully saturated rings. The second-order valence-electron chi connectivity index (χ2n) is 7.33. The van der Waals surface area contributed by atoms with E-state index in [9.17, 15) is 9.90 Å². The third-order valence-corrected chi connectivity index (χ3v) is 4.70. The molecule has 1 aromatic carbocycles. The quantitative estimate of drug-likeness (QED) is 0.413. The van der Waals surface area contributed by atoms with Gasteiger partial charge in [-0.1, -0.05) is 24.3 Å². The van der Waals surface area contributed by atoms with Gasteiger partial charge in [0.05, 0.1) is 18.8 Å². The van der Waals surface area contributed by atoms with Gasteiger partial charge in [-0.3, -0.25) is 0 Å². The molecule has 3 rings (SSSR count). The first kappa shape index (κ1) is 21.0. The normalized spacial score (nSPS) is 31.2. The van der Waals surface area contributed by atoms with Gasteiger partial charge in [0.1, 0.15) is 18.3 Å². The SMILES string of the molecule is C=CCCCO[C@@H]1OC(CO)[C@@H]2OC(C)(C)OC2C1OC(=O)c1ccccc1. The van der Waals surface area contributed by atoms with Crippen LogP contribution >= 0.6 is 0 Å². The lowest BCUT2D eigenvalue weighted by atomic mass is 9.99. The number of benzene rings is 1. The van der Waals surface area contributed by atoms with Crippen LogP contribution in [0.4, 0.5) is 0 Å². The smallest absolute Gasteiger partial charge is 0.338 e. The molecule has 0 aliphatic carbocycles. The summed E-state index contributed by atoms with van der Waals surface area (Å²) in [6.07, 6.45) is -0.157. The highest BCUT2D eigenvalue weighted by Gasteiger charge is 2.57. The number of hydrogen-bond donors (Lipinski definition) is 1. The van der Waals surface area contributed by atoms with Crippen LogP contribution in [0.25, 0.3) is 0 Å². The second-order valence-corrected chi connectivity index (χ2v) is 7.33. The Balaban J connectivity index is 1.79. The number of esters is 1. The summed E-state index contributed by atoms with van der Waals surface area (Å²) in [6, 6.07) is 8.70. The molecule has 1 aromatic rings. The van der Waals surface area contributed by atoms with Crippen molar-refractivity contribution in [2.45, 2.75) is 63.2 Å². The van der Waals surface area contributed by atoms with Crippen molar-refractivity contribution >= 4 is 5.97 Å². The van der Waals surface area contributed by atoms with Gasteiger partial charge in [-0.25, -0.2) is 4.79 Å². The number of aliphatic hydroxyl groups is 1. The summed E-state index contributed by atoms with van der Waals surface area (Å²) in [6.45, 7) is 7.38. The van der Waals surface area contributed by atoms with Crippen molar-refractivity contribution in [1.82, 2.24) is 0 Å². The number of allylic oxidation sites excluding steroid dienone is 1. The van der Waals surface area contributed by atoms with Crippen molar-refractivity contribution in [1.29, 1.82) is 0 Å². The highest BCUT2D eigenvalue weighted by molar-refractivity contribution is 5.89. The highest BCUT2D eigenvalue weighted by atomic mass is 16.8. The average Bonchev–Trinajstić information content (AvgIpc) is 3.02. The minimum Gasteiger partial charge on any atom is -0.450 e. The number of carbonyl (C=O) groups is 1. The molecule has 5 atom stereocenters. The summed E-state index contributed by atoms with van der Waals surface area (Å²) in [7, 11) is 0. The molecule has 154 valence electrons. The molecule has 0 amide bonds. The zero-order valence-corrected chi connectivity index (χ0v) is 16.3. The van der Waals surface area contributed by atoms with Crippen molar-refractivity contribution in [2.75, 3.05) is 13.2 Å². The number of hydrogen-bond acceptors (Lipinski definition) is 7. The molecule has 2 saturated heterocycles. The van der Waals surface area contributed by atoms with Crippen LogP contribution in [0.15, 0.2) is 43.0 Å². The van der Waals surface area contributed by atoms with Crippen LogP contribution in [-0.2, 0) is 23.7 Å². The standard InChI is InChI=1S/C21H28O7/c1-4-5-9-12-24-20-18(26-19(23)14-10-7-6-8-11-14)17-16(15(13-22)25-20)27-21(2,3)28-17/h4,6-8,10-11,15-18,20,22H,1,5,9,12-13H2,2-3H3/t15?,16-,17?,18?,20+/m0/s1.